The van der Waals surface area contributed by atoms with E-state index in [0.717, 1.165) is 52.1 Å². The van der Waals surface area contributed by atoms with Crippen LogP contribution in [0.5, 0.6) is 5.75 Å². The molecule has 0 aromatic heterocycles. The third-order valence-corrected chi connectivity index (χ3v) is 6.46. The van der Waals surface area contributed by atoms with Crippen molar-refractivity contribution in [2.45, 2.75) is 78.6 Å². The third kappa shape index (κ3) is 3.73. The first kappa shape index (κ1) is 21.3. The first-order chi connectivity index (χ1) is 13.3. The highest BCUT2D eigenvalue weighted by molar-refractivity contribution is 5.64. The third-order valence-electron chi connectivity index (χ3n) is 6.46. The van der Waals surface area contributed by atoms with E-state index in [2.05, 4.69) is 60.8 Å². The minimum atomic E-state index is 0.0304. The lowest BCUT2D eigenvalue weighted by atomic mass is 10.0. The van der Waals surface area contributed by atoms with E-state index in [1.54, 1.807) is 0 Å². The van der Waals surface area contributed by atoms with Crippen LogP contribution in [-0.2, 0) is 0 Å². The van der Waals surface area contributed by atoms with Gasteiger partial charge >= 0.3 is 0 Å². The van der Waals surface area contributed by atoms with E-state index in [9.17, 15) is 9.90 Å². The highest BCUT2D eigenvalue weighted by Crippen LogP contribution is 2.29. The van der Waals surface area contributed by atoms with Crippen LogP contribution in [0.15, 0.2) is 4.79 Å². The Morgan fingerprint density at radius 2 is 1.36 bits per heavy atom. The van der Waals surface area contributed by atoms with E-state index < -0.39 is 0 Å². The fraction of sp³-hybridized carbons (Fsp3) is 0.818. The Hall–Kier alpha value is -1.40. The van der Waals surface area contributed by atoms with Gasteiger partial charge in [-0.2, -0.15) is 0 Å². The second kappa shape index (κ2) is 8.54. The van der Waals surface area contributed by atoms with Crippen molar-refractivity contribution < 1.29 is 5.11 Å². The van der Waals surface area contributed by atoms with Crippen LogP contribution in [0.1, 0.15) is 54.4 Å². The second-order valence-corrected chi connectivity index (χ2v) is 9.10. The molecule has 1 aromatic rings. The summed E-state index contributed by atoms with van der Waals surface area (Å²) >= 11 is 0. The number of hydrogen-bond acceptors (Lipinski definition) is 5. The van der Waals surface area contributed by atoms with Gasteiger partial charge in [-0.25, -0.2) is 4.58 Å². The molecule has 0 radical (unpaired) electrons. The van der Waals surface area contributed by atoms with Gasteiger partial charge in [-0.3, -0.25) is 14.6 Å². The summed E-state index contributed by atoms with van der Waals surface area (Å²) in [4.78, 5) is 20.3. The first-order valence-electron chi connectivity index (χ1n) is 11.2. The van der Waals surface area contributed by atoms with Crippen molar-refractivity contribution in [3.8, 4) is 5.75 Å². The molecule has 0 spiro atoms. The van der Waals surface area contributed by atoms with E-state index in [4.69, 9.17) is 0 Å². The monoisotopic (exact) mass is 391 g/mol. The molecule has 1 aromatic carbocycles. The Kier molecular flexibility index (Phi) is 6.50. The predicted molar refractivity (Wildman–Crippen MR) is 116 cm³/mol. The molecule has 2 saturated heterocycles. The lowest BCUT2D eigenvalue weighted by Crippen LogP contribution is -2.64. The molecule has 0 amide bonds. The second-order valence-electron chi connectivity index (χ2n) is 9.10. The van der Waals surface area contributed by atoms with Crippen molar-refractivity contribution >= 4 is 5.69 Å². The van der Waals surface area contributed by atoms with Crippen LogP contribution in [0.2, 0.25) is 0 Å². The average Bonchev–Trinajstić information content (AvgIpc) is 2.61. The number of nitrogens with zero attached hydrogens (tertiary/aromatic N) is 4. The molecule has 0 aliphatic carbocycles. The SMILES string of the molecule is CCCN1C[C@@H](C)N(c2c(O)c(=[N+]3[C@H](C)CN(CCC)C[C@@H]3C)c2=O)[C@@H](C)C1. The van der Waals surface area contributed by atoms with Crippen LogP contribution in [0.25, 0.3) is 0 Å². The van der Waals surface area contributed by atoms with Gasteiger partial charge in [0.15, 0.2) is 12.1 Å². The van der Waals surface area contributed by atoms with E-state index in [0.29, 0.717) is 11.0 Å². The van der Waals surface area contributed by atoms with E-state index >= 15 is 0 Å². The molecular formula is C22H39N4O2+. The normalized spacial score (nSPS) is 32.3. The van der Waals surface area contributed by atoms with Gasteiger partial charge in [0.1, 0.15) is 5.69 Å². The molecule has 2 heterocycles. The van der Waals surface area contributed by atoms with Crippen molar-refractivity contribution in [2.75, 3.05) is 44.2 Å². The quantitative estimate of drug-likeness (QED) is 0.765. The summed E-state index contributed by atoms with van der Waals surface area (Å²) in [5.74, 6) is 0.218. The molecule has 2 aliphatic heterocycles. The fourth-order valence-corrected chi connectivity index (χ4v) is 5.60. The number of piperazine rings is 2. The Morgan fingerprint density at radius 3 is 1.79 bits per heavy atom. The molecule has 1 N–H and O–H groups in total. The van der Waals surface area contributed by atoms with Crippen LogP contribution in [0.4, 0.5) is 5.69 Å². The molecule has 0 saturated carbocycles. The highest BCUT2D eigenvalue weighted by atomic mass is 16.3. The summed E-state index contributed by atoms with van der Waals surface area (Å²) in [6, 6.07) is 0.923. The minimum absolute atomic E-state index is 0.0304. The van der Waals surface area contributed by atoms with Gasteiger partial charge < -0.3 is 10.0 Å². The summed E-state index contributed by atoms with van der Waals surface area (Å²) < 4.78 is 2.16. The zero-order valence-corrected chi connectivity index (χ0v) is 18.6. The lowest BCUT2D eigenvalue weighted by molar-refractivity contribution is 0.146. The maximum Gasteiger partial charge on any atom is 0.295 e. The first-order valence-corrected chi connectivity index (χ1v) is 11.2. The maximum absolute atomic E-state index is 13.2. The van der Waals surface area contributed by atoms with Gasteiger partial charge in [0, 0.05) is 25.2 Å². The van der Waals surface area contributed by atoms with Crippen molar-refractivity contribution in [3.63, 3.8) is 0 Å². The Morgan fingerprint density at radius 1 is 0.893 bits per heavy atom. The lowest BCUT2D eigenvalue weighted by Gasteiger charge is -2.46. The Bertz CT molecular complexity index is 741. The maximum atomic E-state index is 13.2. The molecular weight excluding hydrogens is 352 g/mol. The van der Waals surface area contributed by atoms with Crippen LogP contribution in [-0.4, -0.2) is 78.3 Å². The summed E-state index contributed by atoms with van der Waals surface area (Å²) in [7, 11) is 0. The predicted octanol–water partition coefficient (Wildman–Crippen LogP) is 1.21. The molecule has 2 fully saturated rings. The molecule has 4 atom stereocenters. The van der Waals surface area contributed by atoms with Crippen LogP contribution in [0, 0.1) is 0 Å². The highest BCUT2D eigenvalue weighted by Gasteiger charge is 2.41. The standard InChI is InChI=1S/C22H38N4O2/c1-7-9-23-11-15(3)25(16(4)12-23)19-21(27)20(22(19)28)26-17(5)13-24(10-8-2)14-18(26)6/h15-18H,7-14H2,1-6H3/p+1/t15-,16+,17-,18+. The van der Waals surface area contributed by atoms with Crippen molar-refractivity contribution in [3.05, 3.63) is 15.6 Å². The molecule has 3 rings (SSSR count). The smallest absolute Gasteiger partial charge is 0.295 e. The van der Waals surface area contributed by atoms with Crippen LogP contribution < -0.4 is 20.3 Å². The van der Waals surface area contributed by atoms with Gasteiger partial charge in [-0.1, -0.05) is 13.8 Å². The number of hydrogen-bond donors (Lipinski definition) is 1. The summed E-state index contributed by atoms with van der Waals surface area (Å²) in [6.45, 7) is 19.0. The van der Waals surface area contributed by atoms with Crippen LogP contribution >= 0.6 is 0 Å². The molecule has 6 heteroatoms. The van der Waals surface area contributed by atoms with E-state index in [-0.39, 0.29) is 35.3 Å². The van der Waals surface area contributed by atoms with Gasteiger partial charge in [0.25, 0.3) is 10.8 Å². The van der Waals surface area contributed by atoms with Crippen molar-refractivity contribution in [1.82, 2.24) is 14.4 Å². The number of aromatic hydroxyl groups is 1. The minimum Gasteiger partial charge on any atom is -0.501 e. The zero-order chi connectivity index (χ0) is 20.6. The Balaban J connectivity index is 1.90. The average molecular weight is 392 g/mol. The van der Waals surface area contributed by atoms with E-state index in [1.807, 2.05) is 0 Å². The Labute approximate surface area is 169 Å². The summed E-state index contributed by atoms with van der Waals surface area (Å²) in [6.07, 6.45) is 2.29. The van der Waals surface area contributed by atoms with Crippen LogP contribution in [0.3, 0.4) is 0 Å². The van der Waals surface area contributed by atoms with Crippen molar-refractivity contribution in [2.24, 2.45) is 0 Å². The zero-order valence-electron chi connectivity index (χ0n) is 18.6. The van der Waals surface area contributed by atoms with Gasteiger partial charge in [0.2, 0.25) is 5.75 Å². The fourth-order valence-electron chi connectivity index (χ4n) is 5.60. The summed E-state index contributed by atoms with van der Waals surface area (Å²) in [5, 5.41) is 11.5. The number of rotatable bonds is 5. The van der Waals surface area contributed by atoms with Crippen molar-refractivity contribution in [1.29, 1.82) is 0 Å². The molecule has 2 aliphatic rings. The van der Waals surface area contributed by atoms with Gasteiger partial charge in [-0.15, -0.1) is 0 Å². The largest absolute Gasteiger partial charge is 0.501 e. The molecule has 158 valence electrons. The molecule has 0 bridgehead atoms. The topological polar surface area (TPSA) is 50.0 Å². The van der Waals surface area contributed by atoms with E-state index in [1.165, 1.54) is 0 Å². The van der Waals surface area contributed by atoms with Gasteiger partial charge in [-0.05, 0) is 53.6 Å². The molecule has 6 nitrogen and oxygen atoms in total. The number of anilines is 1. The molecule has 28 heavy (non-hydrogen) atoms. The molecule has 0 unspecified atom stereocenters. The summed E-state index contributed by atoms with van der Waals surface area (Å²) in [5.41, 5.74) is 0.573. The van der Waals surface area contributed by atoms with Gasteiger partial charge in [0.05, 0.1) is 13.1 Å².